The van der Waals surface area contributed by atoms with Crippen LogP contribution in [0.5, 0.6) is 0 Å². The molecule has 0 aliphatic heterocycles. The molecule has 96 valence electrons. The molecule has 0 radical (unpaired) electrons. The van der Waals surface area contributed by atoms with E-state index in [0.29, 0.717) is 6.54 Å². The lowest BCUT2D eigenvalue weighted by Gasteiger charge is -2.29. The van der Waals surface area contributed by atoms with E-state index in [9.17, 15) is 9.90 Å². The summed E-state index contributed by atoms with van der Waals surface area (Å²) in [6, 6.07) is -0.303. The van der Waals surface area contributed by atoms with Crippen molar-refractivity contribution in [2.75, 3.05) is 20.3 Å². The maximum absolute atomic E-state index is 11.5. The first-order valence-electron chi connectivity index (χ1n) is 5.82. The number of carbonyl (C=O) groups is 1. The van der Waals surface area contributed by atoms with E-state index in [1.807, 2.05) is 27.7 Å². The number of aliphatic hydroxyl groups is 1. The van der Waals surface area contributed by atoms with E-state index in [2.05, 4.69) is 5.32 Å². The molecular formula is C12H25NO3. The highest BCUT2D eigenvalue weighted by molar-refractivity contribution is 5.75. The van der Waals surface area contributed by atoms with E-state index >= 15 is 0 Å². The maximum atomic E-state index is 11.5. The maximum Gasteiger partial charge on any atom is 0.323 e. The minimum Gasteiger partial charge on any atom is -0.468 e. The normalized spacial score (nSPS) is 16.9. The molecule has 0 heterocycles. The molecule has 4 nitrogen and oxygen atoms in total. The number of hydrogen-bond donors (Lipinski definition) is 2. The molecule has 16 heavy (non-hydrogen) atoms. The van der Waals surface area contributed by atoms with Crippen LogP contribution in [0.25, 0.3) is 0 Å². The third kappa shape index (κ3) is 4.49. The first kappa shape index (κ1) is 15.4. The summed E-state index contributed by atoms with van der Waals surface area (Å²) >= 11 is 0. The molecule has 0 fully saturated rings. The number of methoxy groups -OCH3 is 1. The number of ether oxygens (including phenoxy) is 1. The van der Waals surface area contributed by atoms with Crippen LogP contribution < -0.4 is 5.32 Å². The van der Waals surface area contributed by atoms with Gasteiger partial charge in [0, 0.05) is 18.6 Å². The van der Waals surface area contributed by atoms with Gasteiger partial charge in [-0.2, -0.15) is 0 Å². The molecular weight excluding hydrogens is 206 g/mol. The van der Waals surface area contributed by atoms with E-state index in [-0.39, 0.29) is 30.0 Å². The summed E-state index contributed by atoms with van der Waals surface area (Å²) in [7, 11) is 1.39. The van der Waals surface area contributed by atoms with Gasteiger partial charge in [0.2, 0.25) is 0 Å². The van der Waals surface area contributed by atoms with Crippen molar-refractivity contribution in [2.45, 2.75) is 40.2 Å². The largest absolute Gasteiger partial charge is 0.468 e. The molecule has 0 bridgehead atoms. The Morgan fingerprint density at radius 1 is 1.50 bits per heavy atom. The van der Waals surface area contributed by atoms with E-state index in [1.165, 1.54) is 7.11 Å². The molecule has 0 aromatic rings. The molecule has 0 rings (SSSR count). The predicted octanol–water partition coefficient (Wildman–Crippen LogP) is 1.18. The Labute approximate surface area is 98.4 Å². The second-order valence-corrected chi connectivity index (χ2v) is 4.95. The average molecular weight is 231 g/mol. The molecule has 4 heteroatoms. The highest BCUT2D eigenvalue weighted by atomic mass is 16.5. The van der Waals surface area contributed by atoms with Crippen LogP contribution in [0.4, 0.5) is 0 Å². The quantitative estimate of drug-likeness (QED) is 0.646. The van der Waals surface area contributed by atoms with Crippen molar-refractivity contribution in [3.63, 3.8) is 0 Å². The van der Waals surface area contributed by atoms with Crippen LogP contribution in [0.2, 0.25) is 0 Å². The van der Waals surface area contributed by atoms with Crippen LogP contribution in [0, 0.1) is 11.3 Å². The van der Waals surface area contributed by atoms with Crippen molar-refractivity contribution in [3.8, 4) is 0 Å². The molecule has 0 spiro atoms. The SMILES string of the molecule is CCC(C)(CO)CNC(C(=O)OC)C(C)C. The minimum atomic E-state index is -0.303. The molecule has 2 N–H and O–H groups in total. The second-order valence-electron chi connectivity index (χ2n) is 4.95. The van der Waals surface area contributed by atoms with Crippen molar-refractivity contribution in [3.05, 3.63) is 0 Å². The van der Waals surface area contributed by atoms with Gasteiger partial charge in [-0.15, -0.1) is 0 Å². The van der Waals surface area contributed by atoms with Crippen molar-refractivity contribution in [1.82, 2.24) is 5.32 Å². The smallest absolute Gasteiger partial charge is 0.323 e. The number of nitrogens with one attached hydrogen (secondary N) is 1. The third-order valence-corrected chi connectivity index (χ3v) is 3.11. The number of aliphatic hydroxyl groups excluding tert-OH is 1. The lowest BCUT2D eigenvalue weighted by atomic mass is 9.88. The van der Waals surface area contributed by atoms with E-state index in [4.69, 9.17) is 4.74 Å². The molecule has 0 aromatic heterocycles. The Kier molecular flexibility index (Phi) is 6.60. The fraction of sp³-hybridized carbons (Fsp3) is 0.917. The number of esters is 1. The topological polar surface area (TPSA) is 58.6 Å². The Bertz CT molecular complexity index is 212. The summed E-state index contributed by atoms with van der Waals surface area (Å²) in [5, 5.41) is 12.5. The second kappa shape index (κ2) is 6.86. The first-order chi connectivity index (χ1) is 7.40. The fourth-order valence-corrected chi connectivity index (χ4v) is 1.37. The Balaban J connectivity index is 4.37. The van der Waals surface area contributed by atoms with Crippen molar-refractivity contribution in [2.24, 2.45) is 11.3 Å². The zero-order valence-corrected chi connectivity index (χ0v) is 11.0. The zero-order valence-electron chi connectivity index (χ0n) is 11.0. The first-order valence-corrected chi connectivity index (χ1v) is 5.82. The lowest BCUT2D eigenvalue weighted by molar-refractivity contribution is -0.144. The van der Waals surface area contributed by atoms with Gasteiger partial charge in [0.25, 0.3) is 0 Å². The Morgan fingerprint density at radius 3 is 2.38 bits per heavy atom. The number of hydrogen-bond acceptors (Lipinski definition) is 4. The van der Waals surface area contributed by atoms with Crippen molar-refractivity contribution < 1.29 is 14.6 Å². The van der Waals surface area contributed by atoms with Gasteiger partial charge in [0.1, 0.15) is 6.04 Å². The van der Waals surface area contributed by atoms with Gasteiger partial charge in [-0.1, -0.05) is 27.7 Å². The highest BCUT2D eigenvalue weighted by Crippen LogP contribution is 2.19. The van der Waals surface area contributed by atoms with Crippen LogP contribution in [-0.4, -0.2) is 37.4 Å². The zero-order chi connectivity index (χ0) is 12.8. The molecule has 0 aromatic carbocycles. The predicted molar refractivity (Wildman–Crippen MR) is 64.1 cm³/mol. The van der Waals surface area contributed by atoms with Crippen LogP contribution in [0.1, 0.15) is 34.1 Å². The van der Waals surface area contributed by atoms with E-state index in [1.54, 1.807) is 0 Å². The van der Waals surface area contributed by atoms with E-state index < -0.39 is 0 Å². The minimum absolute atomic E-state index is 0.114. The third-order valence-electron chi connectivity index (χ3n) is 3.11. The number of rotatable bonds is 7. The molecule has 2 unspecified atom stereocenters. The fourth-order valence-electron chi connectivity index (χ4n) is 1.37. The van der Waals surface area contributed by atoms with Gasteiger partial charge in [-0.3, -0.25) is 4.79 Å². The number of carbonyl (C=O) groups excluding carboxylic acids is 1. The lowest BCUT2D eigenvalue weighted by Crippen LogP contribution is -2.47. The van der Waals surface area contributed by atoms with Gasteiger partial charge in [0.05, 0.1) is 7.11 Å². The molecule has 0 amide bonds. The summed E-state index contributed by atoms with van der Waals surface area (Å²) < 4.78 is 4.74. The molecule has 2 atom stereocenters. The van der Waals surface area contributed by atoms with Crippen LogP contribution >= 0.6 is 0 Å². The van der Waals surface area contributed by atoms with Gasteiger partial charge < -0.3 is 15.2 Å². The Hall–Kier alpha value is -0.610. The van der Waals surface area contributed by atoms with Crippen LogP contribution in [0.15, 0.2) is 0 Å². The summed E-state index contributed by atoms with van der Waals surface area (Å²) in [6.45, 7) is 8.68. The summed E-state index contributed by atoms with van der Waals surface area (Å²) in [5.74, 6) is -0.0707. The summed E-state index contributed by atoms with van der Waals surface area (Å²) in [5.41, 5.74) is -0.179. The highest BCUT2D eigenvalue weighted by Gasteiger charge is 2.27. The Morgan fingerprint density at radius 2 is 2.06 bits per heavy atom. The molecule has 0 saturated carbocycles. The van der Waals surface area contributed by atoms with Gasteiger partial charge >= 0.3 is 5.97 Å². The summed E-state index contributed by atoms with van der Waals surface area (Å²) in [6.07, 6.45) is 0.864. The van der Waals surface area contributed by atoms with Crippen molar-refractivity contribution in [1.29, 1.82) is 0 Å². The standard InChI is InChI=1S/C12H25NO3/c1-6-12(4,8-14)7-13-10(9(2)3)11(15)16-5/h9-10,13-14H,6-8H2,1-5H3. The van der Waals surface area contributed by atoms with Crippen LogP contribution in [0.3, 0.4) is 0 Å². The monoisotopic (exact) mass is 231 g/mol. The molecule has 0 saturated heterocycles. The average Bonchev–Trinajstić information content (AvgIpc) is 2.28. The molecule has 0 aliphatic rings. The molecule has 0 aliphatic carbocycles. The van der Waals surface area contributed by atoms with Crippen LogP contribution in [-0.2, 0) is 9.53 Å². The van der Waals surface area contributed by atoms with Crippen molar-refractivity contribution >= 4 is 5.97 Å². The van der Waals surface area contributed by atoms with Gasteiger partial charge in [-0.05, 0) is 12.3 Å². The van der Waals surface area contributed by atoms with Gasteiger partial charge in [0.15, 0.2) is 0 Å². The summed E-state index contributed by atoms with van der Waals surface area (Å²) in [4.78, 5) is 11.5. The van der Waals surface area contributed by atoms with Gasteiger partial charge in [-0.25, -0.2) is 0 Å². The van der Waals surface area contributed by atoms with E-state index in [0.717, 1.165) is 6.42 Å².